The summed E-state index contributed by atoms with van der Waals surface area (Å²) in [6.07, 6.45) is 6.84. The van der Waals surface area contributed by atoms with Crippen molar-refractivity contribution in [2.75, 3.05) is 13.1 Å². The van der Waals surface area contributed by atoms with Crippen LogP contribution in [-0.2, 0) is 13.0 Å². The van der Waals surface area contributed by atoms with Crippen molar-refractivity contribution in [2.24, 2.45) is 5.92 Å². The number of carbonyl (C=O) groups is 1. The van der Waals surface area contributed by atoms with Crippen LogP contribution < -0.4 is 0 Å². The molecule has 1 saturated carbocycles. The predicted octanol–water partition coefficient (Wildman–Crippen LogP) is 5.35. The highest BCUT2D eigenvalue weighted by molar-refractivity contribution is 5.93. The van der Waals surface area contributed by atoms with Gasteiger partial charge in [0.05, 0.1) is 0 Å². The minimum atomic E-state index is -0.191. The molecule has 1 amide bonds. The number of hydrogen-bond donors (Lipinski definition) is 0. The summed E-state index contributed by atoms with van der Waals surface area (Å²) in [7, 11) is 0. The molecular weight excluding hydrogens is 425 g/mol. The van der Waals surface area contributed by atoms with Crippen LogP contribution in [0.1, 0.15) is 47.3 Å². The largest absolute Gasteiger partial charge is 0.331 e. The summed E-state index contributed by atoms with van der Waals surface area (Å²) >= 11 is 0. The molecular formula is C29H32FN3O. The molecule has 2 aliphatic rings. The number of piperidine rings is 1. The van der Waals surface area contributed by atoms with Gasteiger partial charge in [-0.25, -0.2) is 4.39 Å². The lowest BCUT2D eigenvalue weighted by atomic mass is 9.84. The normalized spacial score (nSPS) is 17.9. The Labute approximate surface area is 201 Å². The molecule has 1 aliphatic carbocycles. The summed E-state index contributed by atoms with van der Waals surface area (Å²) in [5, 5.41) is 0. The van der Waals surface area contributed by atoms with Crippen LogP contribution in [0, 0.1) is 11.7 Å². The molecule has 176 valence electrons. The van der Waals surface area contributed by atoms with Crippen LogP contribution in [0.25, 0.3) is 0 Å². The Hall–Kier alpha value is -3.05. The third kappa shape index (κ3) is 5.53. The van der Waals surface area contributed by atoms with E-state index in [2.05, 4.69) is 39.0 Å². The van der Waals surface area contributed by atoms with Gasteiger partial charge in [-0.05, 0) is 86.5 Å². The first kappa shape index (κ1) is 22.7. The lowest BCUT2D eigenvalue weighted by Gasteiger charge is -2.42. The van der Waals surface area contributed by atoms with Gasteiger partial charge in [-0.15, -0.1) is 0 Å². The molecule has 5 rings (SSSR count). The number of pyridine rings is 1. The van der Waals surface area contributed by atoms with Gasteiger partial charge in [0.25, 0.3) is 5.91 Å². The van der Waals surface area contributed by atoms with E-state index >= 15 is 0 Å². The SMILES string of the molecule is O=C(c1ccccn1)N(C1CC1)[C@@H](Cc1ccccc1)C1CCN(Cc2ccc(F)cc2)CC1. The van der Waals surface area contributed by atoms with E-state index < -0.39 is 0 Å². The number of likely N-dealkylation sites (tertiary alicyclic amines) is 1. The van der Waals surface area contributed by atoms with Gasteiger partial charge in [0.1, 0.15) is 11.5 Å². The topological polar surface area (TPSA) is 36.4 Å². The second-order valence-electron chi connectivity index (χ2n) is 9.66. The van der Waals surface area contributed by atoms with Gasteiger partial charge >= 0.3 is 0 Å². The van der Waals surface area contributed by atoms with Crippen molar-refractivity contribution < 1.29 is 9.18 Å². The number of carbonyl (C=O) groups excluding carboxylic acids is 1. The monoisotopic (exact) mass is 457 g/mol. The minimum absolute atomic E-state index is 0.0674. The molecule has 0 radical (unpaired) electrons. The van der Waals surface area contributed by atoms with Crippen LogP contribution in [0.4, 0.5) is 4.39 Å². The van der Waals surface area contributed by atoms with E-state index in [0.717, 1.165) is 57.3 Å². The number of benzene rings is 2. The minimum Gasteiger partial charge on any atom is -0.331 e. The average molecular weight is 458 g/mol. The van der Waals surface area contributed by atoms with Crippen molar-refractivity contribution in [3.63, 3.8) is 0 Å². The second-order valence-corrected chi connectivity index (χ2v) is 9.66. The maximum atomic E-state index is 13.7. The van der Waals surface area contributed by atoms with Crippen LogP contribution in [0.5, 0.6) is 0 Å². The van der Waals surface area contributed by atoms with Crippen molar-refractivity contribution in [1.82, 2.24) is 14.8 Å². The molecule has 0 N–H and O–H groups in total. The highest BCUT2D eigenvalue weighted by Gasteiger charge is 2.41. The smallest absolute Gasteiger partial charge is 0.272 e. The van der Waals surface area contributed by atoms with E-state index in [1.807, 2.05) is 36.4 Å². The van der Waals surface area contributed by atoms with E-state index in [-0.39, 0.29) is 17.8 Å². The fourth-order valence-corrected chi connectivity index (χ4v) is 5.25. The van der Waals surface area contributed by atoms with E-state index in [1.54, 1.807) is 6.20 Å². The Balaban J connectivity index is 1.33. The van der Waals surface area contributed by atoms with Crippen molar-refractivity contribution in [1.29, 1.82) is 0 Å². The third-order valence-corrected chi connectivity index (χ3v) is 7.20. The fraction of sp³-hybridized carbons (Fsp3) is 0.379. The molecule has 0 spiro atoms. The quantitative estimate of drug-likeness (QED) is 0.458. The Morgan fingerprint density at radius 3 is 2.26 bits per heavy atom. The summed E-state index contributed by atoms with van der Waals surface area (Å²) in [6.45, 7) is 2.82. The number of hydrogen-bond acceptors (Lipinski definition) is 3. The molecule has 1 saturated heterocycles. The molecule has 3 aromatic rings. The van der Waals surface area contributed by atoms with Crippen molar-refractivity contribution in [3.05, 3.63) is 102 Å². The maximum absolute atomic E-state index is 13.7. The molecule has 0 bridgehead atoms. The fourth-order valence-electron chi connectivity index (χ4n) is 5.25. The van der Waals surface area contributed by atoms with Gasteiger partial charge in [-0.1, -0.05) is 48.5 Å². The Morgan fingerprint density at radius 1 is 0.912 bits per heavy atom. The molecule has 34 heavy (non-hydrogen) atoms. The summed E-state index contributed by atoms with van der Waals surface area (Å²) in [4.78, 5) is 22.7. The van der Waals surface area contributed by atoms with Crippen LogP contribution in [0.15, 0.2) is 79.0 Å². The van der Waals surface area contributed by atoms with Crippen LogP contribution in [0.2, 0.25) is 0 Å². The Morgan fingerprint density at radius 2 is 1.62 bits per heavy atom. The summed E-state index contributed by atoms with van der Waals surface area (Å²) in [6, 6.07) is 23.5. The van der Waals surface area contributed by atoms with Crippen molar-refractivity contribution in [3.8, 4) is 0 Å². The third-order valence-electron chi connectivity index (χ3n) is 7.20. The number of halogens is 1. The van der Waals surface area contributed by atoms with Gasteiger partial charge in [0.15, 0.2) is 0 Å². The molecule has 0 unspecified atom stereocenters. The van der Waals surface area contributed by atoms with Crippen LogP contribution in [-0.4, -0.2) is 45.9 Å². The molecule has 2 aromatic carbocycles. The first-order valence-electron chi connectivity index (χ1n) is 12.4. The summed E-state index contributed by atoms with van der Waals surface area (Å²) < 4.78 is 13.3. The number of amides is 1. The molecule has 2 fully saturated rings. The summed E-state index contributed by atoms with van der Waals surface area (Å²) in [5.41, 5.74) is 2.97. The first-order valence-corrected chi connectivity index (χ1v) is 12.4. The van der Waals surface area contributed by atoms with E-state index in [1.165, 1.54) is 17.7 Å². The van der Waals surface area contributed by atoms with Gasteiger partial charge in [-0.3, -0.25) is 14.7 Å². The van der Waals surface area contributed by atoms with Gasteiger partial charge in [0.2, 0.25) is 0 Å². The molecule has 1 aromatic heterocycles. The zero-order valence-corrected chi connectivity index (χ0v) is 19.5. The zero-order chi connectivity index (χ0) is 23.3. The zero-order valence-electron chi connectivity index (χ0n) is 19.5. The first-order chi connectivity index (χ1) is 16.7. The predicted molar refractivity (Wildman–Crippen MR) is 132 cm³/mol. The van der Waals surface area contributed by atoms with Gasteiger partial charge < -0.3 is 4.90 Å². The number of nitrogens with zero attached hydrogens (tertiary/aromatic N) is 3. The Kier molecular flexibility index (Phi) is 7.00. The molecule has 5 heteroatoms. The van der Waals surface area contributed by atoms with Crippen molar-refractivity contribution in [2.45, 2.75) is 50.7 Å². The molecule has 1 aliphatic heterocycles. The lowest BCUT2D eigenvalue weighted by Crippen LogP contribution is -2.50. The van der Waals surface area contributed by atoms with Crippen LogP contribution in [0.3, 0.4) is 0 Å². The summed E-state index contributed by atoms with van der Waals surface area (Å²) in [5.74, 6) is 0.319. The van der Waals surface area contributed by atoms with E-state index in [0.29, 0.717) is 17.7 Å². The average Bonchev–Trinajstić information content (AvgIpc) is 3.72. The van der Waals surface area contributed by atoms with E-state index in [4.69, 9.17) is 0 Å². The number of aromatic nitrogens is 1. The second kappa shape index (κ2) is 10.5. The van der Waals surface area contributed by atoms with E-state index in [9.17, 15) is 9.18 Å². The molecule has 2 heterocycles. The standard InChI is InChI=1S/C29H32FN3O/c30-25-11-9-23(10-12-25)21-32-18-15-24(16-19-32)28(20-22-6-2-1-3-7-22)33(26-13-14-26)29(34)27-8-4-5-17-31-27/h1-12,17,24,26,28H,13-16,18-21H2/t28-/m0/s1. The van der Waals surface area contributed by atoms with Crippen molar-refractivity contribution >= 4 is 5.91 Å². The maximum Gasteiger partial charge on any atom is 0.272 e. The number of rotatable bonds is 8. The molecule has 1 atom stereocenters. The lowest BCUT2D eigenvalue weighted by molar-refractivity contribution is 0.0477. The highest BCUT2D eigenvalue weighted by Crippen LogP contribution is 2.36. The highest BCUT2D eigenvalue weighted by atomic mass is 19.1. The van der Waals surface area contributed by atoms with Gasteiger partial charge in [-0.2, -0.15) is 0 Å². The molecule has 4 nitrogen and oxygen atoms in total. The van der Waals surface area contributed by atoms with Crippen LogP contribution >= 0.6 is 0 Å². The van der Waals surface area contributed by atoms with Gasteiger partial charge in [0, 0.05) is 24.8 Å². The Bertz CT molecular complexity index is 1060.